The molecule has 0 aliphatic rings. The van der Waals surface area contributed by atoms with E-state index in [1.54, 1.807) is 47.8 Å². The Morgan fingerprint density at radius 2 is 1.82 bits per heavy atom. The van der Waals surface area contributed by atoms with Crippen molar-refractivity contribution in [3.05, 3.63) is 118 Å². The highest BCUT2D eigenvalue weighted by atomic mass is 79.9. The number of nitrogens with one attached hydrogen (secondary N) is 1. The predicted molar refractivity (Wildman–Crippen MR) is 171 cm³/mol. The maximum absolute atomic E-state index is 13.9. The van der Waals surface area contributed by atoms with E-state index in [0.29, 0.717) is 29.9 Å². The first-order valence-corrected chi connectivity index (χ1v) is 15.0. The summed E-state index contributed by atoms with van der Waals surface area (Å²) in [6.07, 6.45) is -0.928. The molecule has 1 heterocycles. The molecule has 0 amide bonds. The second-order valence-electron chi connectivity index (χ2n) is 10.2. The number of thiocarbonyl (C=S) groups is 1. The van der Waals surface area contributed by atoms with Crippen LogP contribution >= 0.6 is 28.1 Å². The van der Waals surface area contributed by atoms with Gasteiger partial charge in [-0.3, -0.25) is 4.79 Å². The van der Waals surface area contributed by atoms with Gasteiger partial charge in [-0.2, -0.15) is 18.4 Å². The molecular weight excluding hydrogens is 653 g/mol. The zero-order chi connectivity index (χ0) is 31.7. The SMILES string of the molecule is N#Cc1ccc(Cn2cncc2CC(=O)[C@@H](CCN)CN(Cc2ccccc2C(F)(F)F)C(=S)Nc2ccccc2Br)cc1. The van der Waals surface area contributed by atoms with Crippen molar-refractivity contribution in [3.8, 4) is 6.07 Å². The summed E-state index contributed by atoms with van der Waals surface area (Å²) in [5.74, 6) is -0.745. The Morgan fingerprint density at radius 3 is 2.50 bits per heavy atom. The molecule has 4 rings (SSSR count). The Hall–Kier alpha value is -4.05. The largest absolute Gasteiger partial charge is 0.416 e. The van der Waals surface area contributed by atoms with E-state index in [2.05, 4.69) is 32.3 Å². The van der Waals surface area contributed by atoms with Gasteiger partial charge >= 0.3 is 6.18 Å². The molecule has 7 nitrogen and oxygen atoms in total. The first-order chi connectivity index (χ1) is 21.1. The number of imidazole rings is 1. The lowest BCUT2D eigenvalue weighted by Gasteiger charge is -2.31. The Morgan fingerprint density at radius 1 is 1.11 bits per heavy atom. The van der Waals surface area contributed by atoms with Gasteiger partial charge in [0.1, 0.15) is 5.78 Å². The molecule has 0 saturated carbocycles. The van der Waals surface area contributed by atoms with Gasteiger partial charge < -0.3 is 20.5 Å². The summed E-state index contributed by atoms with van der Waals surface area (Å²) in [7, 11) is 0. The summed E-state index contributed by atoms with van der Waals surface area (Å²) in [4.78, 5) is 19.5. The Labute approximate surface area is 267 Å². The average molecular weight is 684 g/mol. The molecule has 0 aliphatic carbocycles. The number of ketones is 1. The number of anilines is 1. The van der Waals surface area contributed by atoms with Crippen LogP contribution in [0.15, 0.2) is 89.8 Å². The number of para-hydroxylation sites is 1. The van der Waals surface area contributed by atoms with Crippen LogP contribution in [0.5, 0.6) is 0 Å². The van der Waals surface area contributed by atoms with E-state index in [1.807, 2.05) is 28.8 Å². The van der Waals surface area contributed by atoms with Crippen LogP contribution in [-0.2, 0) is 30.5 Å². The number of aromatic nitrogens is 2. The van der Waals surface area contributed by atoms with Crippen LogP contribution in [0.4, 0.5) is 18.9 Å². The second kappa shape index (κ2) is 15.1. The zero-order valence-electron chi connectivity index (χ0n) is 23.6. The second-order valence-corrected chi connectivity index (χ2v) is 11.4. The summed E-state index contributed by atoms with van der Waals surface area (Å²) in [6.45, 7) is 0.549. The monoisotopic (exact) mass is 682 g/mol. The van der Waals surface area contributed by atoms with Crippen LogP contribution in [0.25, 0.3) is 0 Å². The number of alkyl halides is 3. The molecule has 44 heavy (non-hydrogen) atoms. The topological polar surface area (TPSA) is 100.0 Å². The van der Waals surface area contributed by atoms with Crippen molar-refractivity contribution < 1.29 is 18.0 Å². The highest BCUT2D eigenvalue weighted by molar-refractivity contribution is 9.10. The van der Waals surface area contributed by atoms with E-state index < -0.39 is 17.7 Å². The van der Waals surface area contributed by atoms with Gasteiger partial charge in [0.05, 0.1) is 29.2 Å². The van der Waals surface area contributed by atoms with Crippen molar-refractivity contribution in [3.63, 3.8) is 0 Å². The van der Waals surface area contributed by atoms with Crippen LogP contribution in [0.3, 0.4) is 0 Å². The van der Waals surface area contributed by atoms with Crippen LogP contribution in [0.2, 0.25) is 0 Å². The summed E-state index contributed by atoms with van der Waals surface area (Å²) in [5, 5.41) is 12.4. The molecule has 3 N–H and O–H groups in total. The van der Waals surface area contributed by atoms with Gasteiger partial charge in [-0.1, -0.05) is 42.5 Å². The van der Waals surface area contributed by atoms with Crippen molar-refractivity contribution >= 4 is 44.7 Å². The molecule has 0 spiro atoms. The number of hydrogen-bond donors (Lipinski definition) is 2. The summed E-state index contributed by atoms with van der Waals surface area (Å²) in [5.41, 5.74) is 8.00. The molecule has 3 aromatic carbocycles. The number of nitrogens with zero attached hydrogens (tertiary/aromatic N) is 4. The average Bonchev–Trinajstić information content (AvgIpc) is 3.43. The quantitative estimate of drug-likeness (QED) is 0.163. The minimum Gasteiger partial charge on any atom is -0.344 e. The van der Waals surface area contributed by atoms with Crippen molar-refractivity contribution in [2.45, 2.75) is 32.1 Å². The van der Waals surface area contributed by atoms with E-state index in [1.165, 1.54) is 12.1 Å². The van der Waals surface area contributed by atoms with E-state index in [4.69, 9.17) is 23.2 Å². The third kappa shape index (κ3) is 8.75. The normalized spacial score (nSPS) is 11.9. The van der Waals surface area contributed by atoms with Gasteiger partial charge in [0, 0.05) is 48.3 Å². The fraction of sp³-hybridized carbons (Fsp3) is 0.250. The maximum Gasteiger partial charge on any atom is 0.416 e. The van der Waals surface area contributed by atoms with E-state index in [-0.39, 0.29) is 42.5 Å². The molecule has 228 valence electrons. The molecule has 1 atom stereocenters. The first kappa shape index (κ1) is 32.9. The van der Waals surface area contributed by atoms with Gasteiger partial charge in [0.25, 0.3) is 0 Å². The van der Waals surface area contributed by atoms with Crippen molar-refractivity contribution in [1.29, 1.82) is 5.26 Å². The van der Waals surface area contributed by atoms with Crippen LogP contribution in [0.1, 0.15) is 34.4 Å². The number of benzene rings is 3. The lowest BCUT2D eigenvalue weighted by Crippen LogP contribution is -2.41. The van der Waals surface area contributed by atoms with E-state index in [9.17, 15) is 18.0 Å². The van der Waals surface area contributed by atoms with Crippen LogP contribution in [0, 0.1) is 17.2 Å². The number of nitrogens with two attached hydrogens (primary N) is 1. The predicted octanol–water partition coefficient (Wildman–Crippen LogP) is 6.56. The fourth-order valence-corrected chi connectivity index (χ4v) is 5.41. The van der Waals surface area contributed by atoms with E-state index >= 15 is 0 Å². The Kier molecular flexibility index (Phi) is 11.3. The minimum atomic E-state index is -4.56. The van der Waals surface area contributed by atoms with Crippen molar-refractivity contribution in [2.24, 2.45) is 11.7 Å². The number of halogens is 4. The molecule has 0 radical (unpaired) electrons. The highest BCUT2D eigenvalue weighted by Gasteiger charge is 2.34. The minimum absolute atomic E-state index is 0.0377. The van der Waals surface area contributed by atoms with Crippen LogP contribution < -0.4 is 11.1 Å². The summed E-state index contributed by atoms with van der Waals surface area (Å²) >= 11 is 9.17. The Bertz CT molecular complexity index is 1630. The number of rotatable bonds is 12. The summed E-state index contributed by atoms with van der Waals surface area (Å²) in [6, 6.07) is 21.8. The summed E-state index contributed by atoms with van der Waals surface area (Å²) < 4.78 is 44.2. The number of carbonyl (C=O) groups is 1. The molecule has 0 fully saturated rings. The van der Waals surface area contributed by atoms with Gasteiger partial charge in [-0.15, -0.1) is 0 Å². The molecular formula is C32H30BrF3N6OS. The third-order valence-corrected chi connectivity index (χ3v) is 8.14. The van der Waals surface area contributed by atoms with Crippen molar-refractivity contribution in [1.82, 2.24) is 14.5 Å². The van der Waals surface area contributed by atoms with Gasteiger partial charge in [0.2, 0.25) is 0 Å². The first-order valence-electron chi connectivity index (χ1n) is 13.8. The molecule has 0 unspecified atom stereocenters. The molecule has 1 aromatic heterocycles. The molecule has 0 bridgehead atoms. The van der Waals surface area contributed by atoms with Gasteiger partial charge in [-0.25, -0.2) is 4.98 Å². The zero-order valence-corrected chi connectivity index (χ0v) is 26.0. The number of nitriles is 1. The molecule has 12 heteroatoms. The van der Waals surface area contributed by atoms with Gasteiger partial charge in [0.15, 0.2) is 5.11 Å². The standard InChI is InChI=1S/C32H30BrF3N6OS/c33-28-7-3-4-8-29(28)40-31(44)41(19-24-5-1-2-6-27(24)32(34,35)36)20-25(13-14-37)30(43)15-26-17-39-21-42(26)18-23-11-9-22(16-38)10-12-23/h1-12,17,21,25H,13-15,18-20,37H2,(H,40,44)/t25-/m0/s1. The van der Waals surface area contributed by atoms with E-state index in [0.717, 1.165) is 16.1 Å². The van der Waals surface area contributed by atoms with Gasteiger partial charge in [-0.05, 0) is 82.6 Å². The molecule has 4 aromatic rings. The fourth-order valence-electron chi connectivity index (χ4n) is 4.78. The molecule has 0 saturated heterocycles. The van der Waals surface area contributed by atoms with Crippen molar-refractivity contribution in [2.75, 3.05) is 18.4 Å². The highest BCUT2D eigenvalue weighted by Crippen LogP contribution is 2.33. The molecule has 0 aliphatic heterocycles. The lowest BCUT2D eigenvalue weighted by atomic mass is 9.95. The maximum atomic E-state index is 13.9. The van der Waals surface area contributed by atoms with Crippen LogP contribution in [-0.4, -0.2) is 38.4 Å². The smallest absolute Gasteiger partial charge is 0.344 e. The number of Topliss-reactive ketones (excluding diaryl/α,β-unsaturated/α-hetero) is 1. The third-order valence-electron chi connectivity index (χ3n) is 7.09. The number of carbonyl (C=O) groups excluding carboxylic acids is 1. The Balaban J connectivity index is 1.57. The number of hydrogen-bond acceptors (Lipinski definition) is 5. The lowest BCUT2D eigenvalue weighted by molar-refractivity contribution is -0.138.